The maximum absolute atomic E-state index is 12.3. The number of ether oxygens (including phenoxy) is 1. The number of aromatic nitrogens is 1. The third kappa shape index (κ3) is 4.10. The molecule has 4 rings (SSSR count). The van der Waals surface area contributed by atoms with Gasteiger partial charge in [-0.1, -0.05) is 6.07 Å². The molecule has 140 valence electrons. The molecule has 1 aromatic heterocycles. The molecule has 0 bridgehead atoms. The third-order valence-electron chi connectivity index (χ3n) is 5.04. The van der Waals surface area contributed by atoms with E-state index >= 15 is 0 Å². The number of benzene rings is 1. The number of pyridine rings is 1. The van der Waals surface area contributed by atoms with Gasteiger partial charge in [0.05, 0.1) is 6.54 Å². The Hall–Kier alpha value is -2.89. The Kier molecular flexibility index (Phi) is 5.05. The Morgan fingerprint density at radius 1 is 1.07 bits per heavy atom. The van der Waals surface area contributed by atoms with E-state index in [1.807, 2.05) is 24.3 Å². The lowest BCUT2D eigenvalue weighted by molar-refractivity contribution is -0.116. The quantitative estimate of drug-likeness (QED) is 0.799. The van der Waals surface area contributed by atoms with Crippen molar-refractivity contribution in [3.63, 3.8) is 0 Å². The van der Waals surface area contributed by atoms with Gasteiger partial charge in [0, 0.05) is 17.8 Å². The van der Waals surface area contributed by atoms with Gasteiger partial charge >= 0.3 is 0 Å². The molecule has 2 N–H and O–H groups in total. The predicted octanol–water partition coefficient (Wildman–Crippen LogP) is 2.65. The Morgan fingerprint density at radius 3 is 2.89 bits per heavy atom. The van der Waals surface area contributed by atoms with Crippen LogP contribution in [-0.2, 0) is 24.1 Å². The number of amides is 2. The highest BCUT2D eigenvalue weighted by atomic mass is 16.5. The molecule has 6 heteroatoms. The van der Waals surface area contributed by atoms with Crippen LogP contribution in [0, 0.1) is 0 Å². The Labute approximate surface area is 158 Å². The van der Waals surface area contributed by atoms with E-state index in [4.69, 9.17) is 4.74 Å². The molecule has 0 saturated carbocycles. The van der Waals surface area contributed by atoms with Crippen molar-refractivity contribution in [2.45, 2.75) is 38.5 Å². The molecule has 6 nitrogen and oxygen atoms in total. The first-order valence-corrected chi connectivity index (χ1v) is 9.51. The van der Waals surface area contributed by atoms with Crippen molar-refractivity contribution in [1.29, 1.82) is 0 Å². The van der Waals surface area contributed by atoms with Crippen LogP contribution in [0.3, 0.4) is 0 Å². The van der Waals surface area contributed by atoms with E-state index in [0.717, 1.165) is 48.4 Å². The highest BCUT2D eigenvalue weighted by molar-refractivity contribution is 5.94. The summed E-state index contributed by atoms with van der Waals surface area (Å²) in [6, 6.07) is 9.47. The van der Waals surface area contributed by atoms with Crippen LogP contribution < -0.4 is 15.4 Å². The summed E-state index contributed by atoms with van der Waals surface area (Å²) in [5, 5.41) is 5.71. The number of anilines is 1. The SMILES string of the molecule is O=C1CCc2cc(OCCNC(=O)c3ccc4c(n3)CCCC4)ccc2N1. The molecule has 0 atom stereocenters. The highest BCUT2D eigenvalue weighted by Crippen LogP contribution is 2.26. The van der Waals surface area contributed by atoms with Crippen molar-refractivity contribution in [3.05, 3.63) is 52.8 Å². The standard InChI is InChI=1S/C21H23N3O3/c25-20-10-6-15-13-16(7-9-18(15)24-20)27-12-11-22-21(26)19-8-5-14-3-1-2-4-17(14)23-19/h5,7-9,13H,1-4,6,10-12H2,(H,22,26)(H,24,25). The van der Waals surface area contributed by atoms with Crippen LogP contribution in [0.1, 0.15) is 46.6 Å². The first kappa shape index (κ1) is 17.5. The molecule has 0 fully saturated rings. The lowest BCUT2D eigenvalue weighted by atomic mass is 9.96. The van der Waals surface area contributed by atoms with Crippen molar-refractivity contribution in [1.82, 2.24) is 10.3 Å². The summed E-state index contributed by atoms with van der Waals surface area (Å²) >= 11 is 0. The summed E-state index contributed by atoms with van der Waals surface area (Å²) in [4.78, 5) is 28.2. The second-order valence-corrected chi connectivity index (χ2v) is 6.98. The molecule has 2 heterocycles. The summed E-state index contributed by atoms with van der Waals surface area (Å²) in [6.45, 7) is 0.785. The minimum atomic E-state index is -0.167. The van der Waals surface area contributed by atoms with Gasteiger partial charge in [0.2, 0.25) is 5.91 Å². The zero-order valence-electron chi connectivity index (χ0n) is 15.2. The van der Waals surface area contributed by atoms with Gasteiger partial charge in [-0.2, -0.15) is 0 Å². The summed E-state index contributed by atoms with van der Waals surface area (Å²) in [7, 11) is 0. The summed E-state index contributed by atoms with van der Waals surface area (Å²) in [6.07, 6.45) is 5.58. The average molecular weight is 365 g/mol. The van der Waals surface area contributed by atoms with E-state index in [1.54, 1.807) is 6.07 Å². The molecule has 2 aliphatic rings. The number of fused-ring (bicyclic) bond motifs is 2. The van der Waals surface area contributed by atoms with Gasteiger partial charge in [0.25, 0.3) is 5.91 Å². The van der Waals surface area contributed by atoms with E-state index in [2.05, 4.69) is 15.6 Å². The fourth-order valence-electron chi connectivity index (χ4n) is 3.58. The number of rotatable bonds is 5. The Morgan fingerprint density at radius 2 is 1.96 bits per heavy atom. The third-order valence-corrected chi connectivity index (χ3v) is 5.04. The zero-order valence-corrected chi connectivity index (χ0v) is 15.2. The molecule has 27 heavy (non-hydrogen) atoms. The van der Waals surface area contributed by atoms with E-state index < -0.39 is 0 Å². The van der Waals surface area contributed by atoms with Crippen LogP contribution in [0.15, 0.2) is 30.3 Å². The van der Waals surface area contributed by atoms with Crippen LogP contribution in [0.4, 0.5) is 5.69 Å². The molecular weight excluding hydrogens is 342 g/mol. The molecule has 1 aromatic carbocycles. The molecule has 2 amide bonds. The smallest absolute Gasteiger partial charge is 0.270 e. The molecular formula is C21H23N3O3. The van der Waals surface area contributed by atoms with Crippen molar-refractivity contribution in [3.8, 4) is 5.75 Å². The maximum atomic E-state index is 12.3. The van der Waals surface area contributed by atoms with Crippen molar-refractivity contribution in [2.24, 2.45) is 0 Å². The van der Waals surface area contributed by atoms with Crippen LogP contribution >= 0.6 is 0 Å². The zero-order chi connectivity index (χ0) is 18.6. The van der Waals surface area contributed by atoms with Gasteiger partial charge in [0.15, 0.2) is 0 Å². The topological polar surface area (TPSA) is 80.3 Å². The number of nitrogens with zero attached hydrogens (tertiary/aromatic N) is 1. The molecule has 0 radical (unpaired) electrons. The van der Waals surface area contributed by atoms with Crippen molar-refractivity contribution >= 4 is 17.5 Å². The van der Waals surface area contributed by atoms with Crippen LogP contribution in [0.5, 0.6) is 5.75 Å². The van der Waals surface area contributed by atoms with Gasteiger partial charge in [-0.15, -0.1) is 0 Å². The maximum Gasteiger partial charge on any atom is 0.270 e. The fourth-order valence-corrected chi connectivity index (χ4v) is 3.58. The highest BCUT2D eigenvalue weighted by Gasteiger charge is 2.16. The van der Waals surface area contributed by atoms with Crippen LogP contribution in [0.2, 0.25) is 0 Å². The largest absolute Gasteiger partial charge is 0.492 e. The Bertz CT molecular complexity index is 879. The monoisotopic (exact) mass is 365 g/mol. The average Bonchev–Trinajstić information content (AvgIpc) is 2.70. The number of aryl methyl sites for hydroxylation is 3. The minimum Gasteiger partial charge on any atom is -0.492 e. The van der Waals surface area contributed by atoms with Gasteiger partial charge in [-0.3, -0.25) is 9.59 Å². The van der Waals surface area contributed by atoms with Gasteiger partial charge in [-0.25, -0.2) is 4.98 Å². The van der Waals surface area contributed by atoms with Crippen LogP contribution in [0.25, 0.3) is 0 Å². The second kappa shape index (κ2) is 7.78. The van der Waals surface area contributed by atoms with E-state index in [1.165, 1.54) is 12.0 Å². The molecule has 0 spiro atoms. The van der Waals surface area contributed by atoms with Crippen molar-refractivity contribution < 1.29 is 14.3 Å². The number of carbonyl (C=O) groups excluding carboxylic acids is 2. The van der Waals surface area contributed by atoms with Crippen LogP contribution in [-0.4, -0.2) is 29.9 Å². The van der Waals surface area contributed by atoms with Gasteiger partial charge in [-0.05, 0) is 67.5 Å². The lowest BCUT2D eigenvalue weighted by Gasteiger charge is -2.18. The Balaban J connectivity index is 1.28. The van der Waals surface area contributed by atoms with Gasteiger partial charge < -0.3 is 15.4 Å². The lowest BCUT2D eigenvalue weighted by Crippen LogP contribution is -2.29. The molecule has 1 aliphatic heterocycles. The number of carbonyl (C=O) groups is 2. The number of nitrogens with one attached hydrogen (secondary N) is 2. The molecule has 1 aliphatic carbocycles. The van der Waals surface area contributed by atoms with E-state index in [9.17, 15) is 9.59 Å². The number of hydrogen-bond donors (Lipinski definition) is 2. The first-order chi connectivity index (χ1) is 13.2. The molecule has 0 saturated heterocycles. The van der Waals surface area contributed by atoms with E-state index in [0.29, 0.717) is 25.3 Å². The summed E-state index contributed by atoms with van der Waals surface area (Å²) in [5.74, 6) is 0.626. The summed E-state index contributed by atoms with van der Waals surface area (Å²) in [5.41, 5.74) is 4.73. The van der Waals surface area contributed by atoms with E-state index in [-0.39, 0.29) is 11.8 Å². The fraction of sp³-hybridized carbons (Fsp3) is 0.381. The van der Waals surface area contributed by atoms with Crippen molar-refractivity contribution in [2.75, 3.05) is 18.5 Å². The number of hydrogen-bond acceptors (Lipinski definition) is 4. The summed E-state index contributed by atoms with van der Waals surface area (Å²) < 4.78 is 5.73. The predicted molar refractivity (Wildman–Crippen MR) is 102 cm³/mol. The molecule has 2 aromatic rings. The van der Waals surface area contributed by atoms with Gasteiger partial charge in [0.1, 0.15) is 18.1 Å². The normalized spacial score (nSPS) is 15.3. The second-order valence-electron chi connectivity index (χ2n) is 6.98. The molecule has 0 unspecified atom stereocenters. The minimum absolute atomic E-state index is 0.0506. The first-order valence-electron chi connectivity index (χ1n) is 9.51.